The molecule has 0 radical (unpaired) electrons. The van der Waals surface area contributed by atoms with Gasteiger partial charge in [0.05, 0.1) is 0 Å². The largest absolute Gasteiger partial charge is 0.0683 e. The summed E-state index contributed by atoms with van der Waals surface area (Å²) in [5, 5.41) is 0. The maximum Gasteiger partial charge on any atom is 0.0175 e. The normalized spacial score (nSPS) is 7.44. The summed E-state index contributed by atoms with van der Waals surface area (Å²) in [6.45, 7) is 4.00. The van der Waals surface area contributed by atoms with Crippen LogP contribution in [0.2, 0.25) is 0 Å². The van der Waals surface area contributed by atoms with Gasteiger partial charge in [0, 0.05) is 4.47 Å². The minimum Gasteiger partial charge on any atom is -0.0683 e. The number of rotatable bonds is 0. The lowest BCUT2D eigenvalue weighted by Gasteiger charge is -1.80. The van der Waals surface area contributed by atoms with Crippen molar-refractivity contribution in [2.45, 2.75) is 13.8 Å². The van der Waals surface area contributed by atoms with Gasteiger partial charge in [0.2, 0.25) is 0 Å². The molecule has 0 nitrogen and oxygen atoms in total. The van der Waals surface area contributed by atoms with Crippen molar-refractivity contribution in [2.75, 3.05) is 0 Å². The summed E-state index contributed by atoms with van der Waals surface area (Å²) in [5.74, 6) is 0. The Kier molecular flexibility index (Phi) is 5.64. The van der Waals surface area contributed by atoms with Crippen molar-refractivity contribution >= 4 is 15.9 Å². The van der Waals surface area contributed by atoms with E-state index >= 15 is 0 Å². The molecule has 0 fully saturated rings. The molecule has 0 saturated heterocycles. The molecule has 9 heavy (non-hydrogen) atoms. The molecule has 1 rings (SSSR count). The fraction of sp³-hybridized carbons (Fsp3) is 0.250. The molecule has 1 aromatic carbocycles. The molecule has 0 aromatic heterocycles. The topological polar surface area (TPSA) is 0 Å². The van der Waals surface area contributed by atoms with E-state index in [2.05, 4.69) is 15.9 Å². The smallest absolute Gasteiger partial charge is 0.0175 e. The third kappa shape index (κ3) is 4.22. The van der Waals surface area contributed by atoms with Crippen LogP contribution >= 0.6 is 15.9 Å². The van der Waals surface area contributed by atoms with Crippen LogP contribution in [0.1, 0.15) is 13.8 Å². The standard InChI is InChI=1S/C6H5Br.C2H6/c7-6-4-2-1-3-5-6;1-2/h1-5H;1-2H3. The summed E-state index contributed by atoms with van der Waals surface area (Å²) in [5.41, 5.74) is 0. The molecule has 0 bridgehead atoms. The zero-order valence-electron chi connectivity index (χ0n) is 5.76. The lowest BCUT2D eigenvalue weighted by Crippen LogP contribution is -1.55. The van der Waals surface area contributed by atoms with Crippen molar-refractivity contribution in [2.24, 2.45) is 0 Å². The molecule has 0 aliphatic heterocycles. The molecule has 0 heterocycles. The number of benzene rings is 1. The Hall–Kier alpha value is -0.300. The highest BCUT2D eigenvalue weighted by molar-refractivity contribution is 9.10. The maximum absolute atomic E-state index is 3.31. The molecular weight excluding hydrogens is 176 g/mol. The third-order valence-corrected chi connectivity index (χ3v) is 1.26. The average Bonchev–Trinajstić information content (AvgIpc) is 1.94. The van der Waals surface area contributed by atoms with E-state index in [1.54, 1.807) is 0 Å². The van der Waals surface area contributed by atoms with E-state index in [1.807, 2.05) is 44.2 Å². The molecule has 0 atom stereocenters. The van der Waals surface area contributed by atoms with Crippen LogP contribution < -0.4 is 0 Å². The quantitative estimate of drug-likeness (QED) is 0.583. The van der Waals surface area contributed by atoms with Crippen molar-refractivity contribution in [1.29, 1.82) is 0 Å². The third-order valence-electron chi connectivity index (χ3n) is 0.733. The van der Waals surface area contributed by atoms with Crippen molar-refractivity contribution in [3.05, 3.63) is 34.8 Å². The molecular formula is C8H11Br. The summed E-state index contributed by atoms with van der Waals surface area (Å²) in [6, 6.07) is 9.97. The second kappa shape index (κ2) is 5.83. The van der Waals surface area contributed by atoms with Gasteiger partial charge in [-0.1, -0.05) is 48.0 Å². The first-order chi connectivity index (χ1) is 4.39. The predicted octanol–water partition coefficient (Wildman–Crippen LogP) is 3.48. The van der Waals surface area contributed by atoms with Gasteiger partial charge >= 0.3 is 0 Å². The van der Waals surface area contributed by atoms with Crippen LogP contribution in [-0.2, 0) is 0 Å². The minimum absolute atomic E-state index is 1.13. The molecule has 0 aliphatic carbocycles. The van der Waals surface area contributed by atoms with Crippen molar-refractivity contribution in [3.63, 3.8) is 0 Å². The van der Waals surface area contributed by atoms with Crippen LogP contribution in [0.5, 0.6) is 0 Å². The fourth-order valence-corrected chi connectivity index (χ4v) is 0.720. The Balaban J connectivity index is 0.000000291. The van der Waals surface area contributed by atoms with Gasteiger partial charge in [-0.2, -0.15) is 0 Å². The zero-order chi connectivity index (χ0) is 7.11. The van der Waals surface area contributed by atoms with Crippen LogP contribution in [-0.4, -0.2) is 0 Å². The Morgan fingerprint density at radius 2 is 1.44 bits per heavy atom. The van der Waals surface area contributed by atoms with Gasteiger partial charge in [0.15, 0.2) is 0 Å². The van der Waals surface area contributed by atoms with Crippen LogP contribution in [0, 0.1) is 0 Å². The van der Waals surface area contributed by atoms with Crippen molar-refractivity contribution in [3.8, 4) is 0 Å². The highest BCUT2D eigenvalue weighted by atomic mass is 79.9. The first kappa shape index (κ1) is 8.70. The summed E-state index contributed by atoms with van der Waals surface area (Å²) < 4.78 is 1.13. The van der Waals surface area contributed by atoms with Crippen LogP contribution in [0.3, 0.4) is 0 Å². The lowest BCUT2D eigenvalue weighted by atomic mass is 10.4. The average molecular weight is 187 g/mol. The van der Waals surface area contributed by atoms with Crippen molar-refractivity contribution < 1.29 is 0 Å². The number of hydrogen-bond donors (Lipinski definition) is 0. The predicted molar refractivity (Wildman–Crippen MR) is 45.5 cm³/mol. The molecule has 0 spiro atoms. The molecule has 0 amide bonds. The van der Waals surface area contributed by atoms with Gasteiger partial charge in [-0.3, -0.25) is 0 Å². The highest BCUT2D eigenvalue weighted by Gasteiger charge is 1.74. The second-order valence-electron chi connectivity index (χ2n) is 1.30. The van der Waals surface area contributed by atoms with Crippen LogP contribution in [0.15, 0.2) is 34.8 Å². The number of hydrogen-bond acceptors (Lipinski definition) is 0. The lowest BCUT2D eigenvalue weighted by molar-refractivity contribution is 1.50. The van der Waals surface area contributed by atoms with Gasteiger partial charge in [0.25, 0.3) is 0 Å². The second-order valence-corrected chi connectivity index (χ2v) is 2.21. The van der Waals surface area contributed by atoms with Crippen LogP contribution in [0.25, 0.3) is 0 Å². The Bertz CT molecular complexity index is 134. The van der Waals surface area contributed by atoms with E-state index in [1.165, 1.54) is 0 Å². The van der Waals surface area contributed by atoms with E-state index in [-0.39, 0.29) is 0 Å². The number of halogens is 1. The van der Waals surface area contributed by atoms with E-state index in [0.29, 0.717) is 0 Å². The Morgan fingerprint density at radius 3 is 1.67 bits per heavy atom. The highest BCUT2D eigenvalue weighted by Crippen LogP contribution is 2.05. The van der Waals surface area contributed by atoms with E-state index in [0.717, 1.165) is 4.47 Å². The summed E-state index contributed by atoms with van der Waals surface area (Å²) in [4.78, 5) is 0. The first-order valence-electron chi connectivity index (χ1n) is 3.10. The van der Waals surface area contributed by atoms with Gasteiger partial charge in [0.1, 0.15) is 0 Å². The van der Waals surface area contributed by atoms with E-state index < -0.39 is 0 Å². The molecule has 0 N–H and O–H groups in total. The summed E-state index contributed by atoms with van der Waals surface area (Å²) >= 11 is 3.31. The van der Waals surface area contributed by atoms with E-state index in [9.17, 15) is 0 Å². The summed E-state index contributed by atoms with van der Waals surface area (Å²) in [6.07, 6.45) is 0. The zero-order valence-corrected chi connectivity index (χ0v) is 7.35. The van der Waals surface area contributed by atoms with Crippen molar-refractivity contribution in [1.82, 2.24) is 0 Å². The molecule has 1 aromatic rings. The first-order valence-corrected chi connectivity index (χ1v) is 3.89. The fourth-order valence-electron chi connectivity index (χ4n) is 0.415. The van der Waals surface area contributed by atoms with Gasteiger partial charge in [-0.25, -0.2) is 0 Å². The molecule has 1 heteroatoms. The van der Waals surface area contributed by atoms with Gasteiger partial charge in [-0.05, 0) is 12.1 Å². The maximum atomic E-state index is 3.31. The molecule has 50 valence electrons. The summed E-state index contributed by atoms with van der Waals surface area (Å²) in [7, 11) is 0. The SMILES string of the molecule is Brc1ccccc1.CC. The Labute approximate surface area is 65.0 Å². The monoisotopic (exact) mass is 186 g/mol. The van der Waals surface area contributed by atoms with Gasteiger partial charge in [-0.15, -0.1) is 0 Å². The van der Waals surface area contributed by atoms with Crippen LogP contribution in [0.4, 0.5) is 0 Å². The molecule has 0 aliphatic rings. The Morgan fingerprint density at radius 1 is 1.00 bits per heavy atom. The minimum atomic E-state index is 1.13. The van der Waals surface area contributed by atoms with Gasteiger partial charge < -0.3 is 0 Å². The molecule has 0 saturated carbocycles. The van der Waals surface area contributed by atoms with E-state index in [4.69, 9.17) is 0 Å². The molecule has 0 unspecified atom stereocenters.